The maximum absolute atomic E-state index is 13.0. The molecular formula is C25H25NO3. The molecule has 0 bridgehead atoms. The third kappa shape index (κ3) is 4.43. The Balaban J connectivity index is 1.44. The Morgan fingerprint density at radius 1 is 0.966 bits per heavy atom. The summed E-state index contributed by atoms with van der Waals surface area (Å²) in [4.78, 5) is 14.9. The molecular weight excluding hydrogens is 362 g/mol. The number of benzene rings is 3. The molecule has 0 spiro atoms. The molecule has 1 amide bonds. The second-order valence-corrected chi connectivity index (χ2v) is 7.29. The van der Waals surface area contributed by atoms with Gasteiger partial charge in [-0.15, -0.1) is 0 Å². The van der Waals surface area contributed by atoms with Gasteiger partial charge in [0.1, 0.15) is 6.61 Å². The highest BCUT2D eigenvalue weighted by atomic mass is 16.5. The fraction of sp³-hybridized carbons (Fsp3) is 0.240. The summed E-state index contributed by atoms with van der Waals surface area (Å²) in [5.41, 5.74) is 3.01. The first-order chi connectivity index (χ1) is 14.2. The molecule has 148 valence electrons. The van der Waals surface area contributed by atoms with E-state index in [2.05, 4.69) is 24.3 Å². The fourth-order valence-corrected chi connectivity index (χ4v) is 3.78. The average molecular weight is 387 g/mol. The van der Waals surface area contributed by atoms with Crippen LogP contribution >= 0.6 is 0 Å². The van der Waals surface area contributed by atoms with Gasteiger partial charge in [0.2, 0.25) is 0 Å². The van der Waals surface area contributed by atoms with E-state index in [-0.39, 0.29) is 5.91 Å². The zero-order valence-corrected chi connectivity index (χ0v) is 16.6. The summed E-state index contributed by atoms with van der Waals surface area (Å²) in [6.45, 7) is 1.97. The molecule has 1 aliphatic rings. The van der Waals surface area contributed by atoms with Gasteiger partial charge in [-0.25, -0.2) is 0 Å². The number of likely N-dealkylation sites (tertiary alicyclic amines) is 1. The van der Waals surface area contributed by atoms with Gasteiger partial charge >= 0.3 is 0 Å². The van der Waals surface area contributed by atoms with Crippen molar-refractivity contribution in [2.45, 2.75) is 18.9 Å². The first-order valence-electron chi connectivity index (χ1n) is 9.93. The van der Waals surface area contributed by atoms with E-state index in [1.54, 1.807) is 13.2 Å². The van der Waals surface area contributed by atoms with Gasteiger partial charge in [0.15, 0.2) is 11.5 Å². The van der Waals surface area contributed by atoms with Crippen LogP contribution in [0.4, 0.5) is 0 Å². The van der Waals surface area contributed by atoms with Crippen molar-refractivity contribution in [2.24, 2.45) is 0 Å². The highest BCUT2D eigenvalue weighted by Gasteiger charge is 2.28. The summed E-state index contributed by atoms with van der Waals surface area (Å²) >= 11 is 0. The van der Waals surface area contributed by atoms with Gasteiger partial charge < -0.3 is 14.4 Å². The molecule has 0 radical (unpaired) electrons. The van der Waals surface area contributed by atoms with Gasteiger partial charge in [-0.3, -0.25) is 4.79 Å². The Hall–Kier alpha value is -3.27. The van der Waals surface area contributed by atoms with Crippen molar-refractivity contribution in [2.75, 3.05) is 20.2 Å². The van der Waals surface area contributed by atoms with E-state index in [0.29, 0.717) is 29.6 Å². The molecule has 1 fully saturated rings. The quantitative estimate of drug-likeness (QED) is 0.604. The summed E-state index contributed by atoms with van der Waals surface area (Å²) in [6.07, 6.45) is 0.991. The summed E-state index contributed by atoms with van der Waals surface area (Å²) in [5, 5.41) is 0. The van der Waals surface area contributed by atoms with Crippen molar-refractivity contribution in [1.29, 1.82) is 0 Å². The van der Waals surface area contributed by atoms with E-state index in [1.807, 2.05) is 53.4 Å². The van der Waals surface area contributed by atoms with Crippen LogP contribution in [0, 0.1) is 0 Å². The van der Waals surface area contributed by atoms with Crippen molar-refractivity contribution in [3.8, 4) is 11.5 Å². The third-order valence-corrected chi connectivity index (χ3v) is 5.39. The summed E-state index contributed by atoms with van der Waals surface area (Å²) in [7, 11) is 1.60. The van der Waals surface area contributed by atoms with E-state index in [1.165, 1.54) is 5.56 Å². The number of hydrogen-bond acceptors (Lipinski definition) is 3. The van der Waals surface area contributed by atoms with Crippen molar-refractivity contribution >= 4 is 5.91 Å². The predicted octanol–water partition coefficient (Wildman–Crippen LogP) is 4.90. The number of carbonyl (C=O) groups excluding carboxylic acids is 1. The summed E-state index contributed by atoms with van der Waals surface area (Å²) in [6, 6.07) is 25.8. The number of methoxy groups -OCH3 is 1. The van der Waals surface area contributed by atoms with E-state index in [9.17, 15) is 4.79 Å². The Morgan fingerprint density at radius 3 is 2.41 bits per heavy atom. The standard InChI is InChI=1S/C25H25NO3/c1-28-24-16-21(12-13-23(24)29-18-19-8-4-2-5-9-19)25(27)26-15-14-22(17-26)20-10-6-3-7-11-20/h2-13,16,22H,14-15,17-18H2,1H3. The topological polar surface area (TPSA) is 38.8 Å². The van der Waals surface area contributed by atoms with E-state index >= 15 is 0 Å². The lowest BCUT2D eigenvalue weighted by Crippen LogP contribution is -2.28. The Kier molecular flexibility index (Phi) is 5.80. The number of amides is 1. The van der Waals surface area contributed by atoms with Crippen LogP contribution in [0.25, 0.3) is 0 Å². The SMILES string of the molecule is COc1cc(C(=O)N2CCC(c3ccccc3)C2)ccc1OCc1ccccc1. The smallest absolute Gasteiger partial charge is 0.254 e. The van der Waals surface area contributed by atoms with E-state index in [4.69, 9.17) is 9.47 Å². The molecule has 1 unspecified atom stereocenters. The highest BCUT2D eigenvalue weighted by molar-refractivity contribution is 5.95. The van der Waals surface area contributed by atoms with Crippen molar-refractivity contribution in [3.63, 3.8) is 0 Å². The van der Waals surface area contributed by atoms with Crippen LogP contribution in [0.1, 0.15) is 33.8 Å². The number of nitrogens with zero attached hydrogens (tertiary/aromatic N) is 1. The molecule has 3 aromatic rings. The summed E-state index contributed by atoms with van der Waals surface area (Å²) in [5.74, 6) is 1.65. The van der Waals surface area contributed by atoms with Crippen molar-refractivity contribution in [3.05, 3.63) is 95.6 Å². The third-order valence-electron chi connectivity index (χ3n) is 5.39. The average Bonchev–Trinajstić information content (AvgIpc) is 3.29. The Bertz CT molecular complexity index is 956. The minimum Gasteiger partial charge on any atom is -0.493 e. The molecule has 0 aliphatic carbocycles. The van der Waals surface area contributed by atoms with Gasteiger partial charge in [-0.05, 0) is 35.7 Å². The second-order valence-electron chi connectivity index (χ2n) is 7.29. The minimum absolute atomic E-state index is 0.0383. The van der Waals surface area contributed by atoms with Crippen LogP contribution < -0.4 is 9.47 Å². The normalized spacial score (nSPS) is 15.9. The maximum Gasteiger partial charge on any atom is 0.254 e. The van der Waals surface area contributed by atoms with E-state index in [0.717, 1.165) is 25.1 Å². The van der Waals surface area contributed by atoms with E-state index < -0.39 is 0 Å². The first kappa shape index (κ1) is 19.1. The number of rotatable bonds is 6. The Labute approximate surface area is 171 Å². The lowest BCUT2D eigenvalue weighted by atomic mass is 9.99. The molecule has 0 aromatic heterocycles. The van der Waals surface area contributed by atoms with Crippen LogP contribution in [0.3, 0.4) is 0 Å². The number of hydrogen-bond donors (Lipinski definition) is 0. The molecule has 0 saturated carbocycles. The molecule has 3 aromatic carbocycles. The lowest BCUT2D eigenvalue weighted by Gasteiger charge is -2.18. The number of carbonyl (C=O) groups is 1. The molecule has 29 heavy (non-hydrogen) atoms. The molecule has 1 atom stereocenters. The highest BCUT2D eigenvalue weighted by Crippen LogP contribution is 2.32. The maximum atomic E-state index is 13.0. The molecule has 1 aliphatic heterocycles. The van der Waals surface area contributed by atoms with Gasteiger partial charge in [0, 0.05) is 24.6 Å². The zero-order valence-electron chi connectivity index (χ0n) is 16.6. The first-order valence-corrected chi connectivity index (χ1v) is 9.93. The van der Waals surface area contributed by atoms with Gasteiger partial charge in [-0.1, -0.05) is 60.7 Å². The molecule has 0 N–H and O–H groups in total. The minimum atomic E-state index is 0.0383. The molecule has 1 heterocycles. The molecule has 4 rings (SSSR count). The number of ether oxygens (including phenoxy) is 2. The molecule has 4 heteroatoms. The monoisotopic (exact) mass is 387 g/mol. The molecule has 1 saturated heterocycles. The fourth-order valence-electron chi connectivity index (χ4n) is 3.78. The molecule has 4 nitrogen and oxygen atoms in total. The largest absolute Gasteiger partial charge is 0.493 e. The van der Waals surface area contributed by atoms with Crippen LogP contribution in [0.5, 0.6) is 11.5 Å². The predicted molar refractivity (Wildman–Crippen MR) is 113 cm³/mol. The lowest BCUT2D eigenvalue weighted by molar-refractivity contribution is 0.0790. The van der Waals surface area contributed by atoms with Crippen LogP contribution in [-0.2, 0) is 6.61 Å². The van der Waals surface area contributed by atoms with Crippen LogP contribution in [0.15, 0.2) is 78.9 Å². The summed E-state index contributed by atoms with van der Waals surface area (Å²) < 4.78 is 11.4. The second kappa shape index (κ2) is 8.82. The Morgan fingerprint density at radius 2 is 1.69 bits per heavy atom. The van der Waals surface area contributed by atoms with Crippen molar-refractivity contribution < 1.29 is 14.3 Å². The zero-order chi connectivity index (χ0) is 20.1. The van der Waals surface area contributed by atoms with Gasteiger partial charge in [0.05, 0.1) is 7.11 Å². The van der Waals surface area contributed by atoms with Crippen molar-refractivity contribution in [1.82, 2.24) is 4.90 Å². The van der Waals surface area contributed by atoms with Crippen LogP contribution in [0.2, 0.25) is 0 Å². The van der Waals surface area contributed by atoms with Gasteiger partial charge in [0.25, 0.3) is 5.91 Å². The van der Waals surface area contributed by atoms with Gasteiger partial charge in [-0.2, -0.15) is 0 Å². The van der Waals surface area contributed by atoms with Crippen LogP contribution in [-0.4, -0.2) is 31.0 Å².